The lowest BCUT2D eigenvalue weighted by molar-refractivity contribution is 0.102. The molecule has 1 saturated carbocycles. The fourth-order valence-corrected chi connectivity index (χ4v) is 3.75. The van der Waals surface area contributed by atoms with Crippen LogP contribution in [0.5, 0.6) is 0 Å². The Morgan fingerprint density at radius 3 is 3.00 bits per heavy atom. The highest BCUT2D eigenvalue weighted by atomic mass is 32.1. The van der Waals surface area contributed by atoms with Gasteiger partial charge in [0, 0.05) is 24.4 Å². The number of aryl methyl sites for hydroxylation is 1. The van der Waals surface area contributed by atoms with E-state index in [9.17, 15) is 4.79 Å². The van der Waals surface area contributed by atoms with Gasteiger partial charge in [-0.1, -0.05) is 12.8 Å². The van der Waals surface area contributed by atoms with Crippen molar-refractivity contribution < 1.29 is 4.79 Å². The number of aromatic nitrogens is 6. The van der Waals surface area contributed by atoms with Crippen molar-refractivity contribution in [1.29, 1.82) is 0 Å². The van der Waals surface area contributed by atoms with Gasteiger partial charge in [0.05, 0.1) is 5.69 Å². The van der Waals surface area contributed by atoms with Crippen LogP contribution in [0.4, 0.5) is 5.82 Å². The van der Waals surface area contributed by atoms with Crippen LogP contribution in [-0.4, -0.2) is 35.9 Å². The van der Waals surface area contributed by atoms with Gasteiger partial charge in [0.1, 0.15) is 17.8 Å². The summed E-state index contributed by atoms with van der Waals surface area (Å²) < 4.78 is 1.72. The molecule has 9 heteroatoms. The smallest absolute Gasteiger partial charge is 0.276 e. The summed E-state index contributed by atoms with van der Waals surface area (Å²) in [5.74, 6) is 1.51. The molecule has 3 heterocycles. The number of rotatable bonds is 4. The Bertz CT molecular complexity index is 845. The van der Waals surface area contributed by atoms with E-state index in [0.29, 0.717) is 28.3 Å². The van der Waals surface area contributed by atoms with Gasteiger partial charge in [0.25, 0.3) is 5.91 Å². The Morgan fingerprint density at radius 1 is 1.42 bits per heavy atom. The van der Waals surface area contributed by atoms with Crippen LogP contribution in [0.2, 0.25) is 0 Å². The molecule has 1 aliphatic rings. The van der Waals surface area contributed by atoms with Gasteiger partial charge in [0.2, 0.25) is 0 Å². The van der Waals surface area contributed by atoms with Crippen LogP contribution in [0.25, 0.3) is 10.8 Å². The predicted molar refractivity (Wildman–Crippen MR) is 89.9 cm³/mol. The van der Waals surface area contributed by atoms with E-state index >= 15 is 0 Å². The third-order valence-corrected chi connectivity index (χ3v) is 5.12. The number of H-pyrrole nitrogens is 1. The average Bonchev–Trinajstić information content (AvgIpc) is 3.36. The minimum atomic E-state index is -0.252. The Hall–Kier alpha value is -2.55. The molecule has 1 aliphatic carbocycles. The maximum Gasteiger partial charge on any atom is 0.276 e. The van der Waals surface area contributed by atoms with E-state index < -0.39 is 0 Å². The van der Waals surface area contributed by atoms with E-state index in [1.54, 1.807) is 10.1 Å². The molecule has 3 aromatic rings. The molecule has 0 aromatic carbocycles. The monoisotopic (exact) mass is 343 g/mol. The lowest BCUT2D eigenvalue weighted by atomic mass is 10.0. The molecule has 1 fully saturated rings. The molecule has 0 bridgehead atoms. The van der Waals surface area contributed by atoms with Crippen LogP contribution in [0.3, 0.4) is 0 Å². The van der Waals surface area contributed by atoms with Crippen molar-refractivity contribution in [1.82, 2.24) is 29.9 Å². The van der Waals surface area contributed by atoms with Gasteiger partial charge < -0.3 is 5.32 Å². The zero-order valence-corrected chi connectivity index (χ0v) is 14.0. The summed E-state index contributed by atoms with van der Waals surface area (Å²) in [4.78, 5) is 20.8. The molecule has 0 spiro atoms. The summed E-state index contributed by atoms with van der Waals surface area (Å²) in [7, 11) is 1.84. The van der Waals surface area contributed by atoms with Gasteiger partial charge in [-0.2, -0.15) is 10.2 Å². The highest BCUT2D eigenvalue weighted by Gasteiger charge is 2.22. The molecular formula is C15H17N7OS. The fraction of sp³-hybridized carbons (Fsp3) is 0.400. The van der Waals surface area contributed by atoms with Crippen molar-refractivity contribution in [3.8, 4) is 10.8 Å². The van der Waals surface area contributed by atoms with Crippen molar-refractivity contribution in [3.05, 3.63) is 29.2 Å². The first-order valence-corrected chi connectivity index (χ1v) is 8.75. The number of nitrogens with one attached hydrogen (secondary N) is 2. The van der Waals surface area contributed by atoms with E-state index in [1.165, 1.54) is 43.3 Å². The van der Waals surface area contributed by atoms with E-state index in [4.69, 9.17) is 0 Å². The first-order valence-electron chi connectivity index (χ1n) is 7.87. The van der Waals surface area contributed by atoms with Crippen LogP contribution >= 0.6 is 11.3 Å². The predicted octanol–water partition coefficient (Wildman–Crippen LogP) is 2.57. The highest BCUT2D eigenvalue weighted by molar-refractivity contribution is 7.13. The zero-order valence-electron chi connectivity index (χ0n) is 13.2. The lowest BCUT2D eigenvalue weighted by Gasteiger charge is -2.02. The molecule has 8 nitrogen and oxygen atoms in total. The van der Waals surface area contributed by atoms with Crippen molar-refractivity contribution in [3.63, 3.8) is 0 Å². The molecule has 1 amide bonds. The van der Waals surface area contributed by atoms with Crippen molar-refractivity contribution >= 4 is 23.1 Å². The van der Waals surface area contributed by atoms with Gasteiger partial charge in [-0.15, -0.1) is 11.3 Å². The summed E-state index contributed by atoms with van der Waals surface area (Å²) in [6, 6.07) is 1.97. The topological polar surface area (TPSA) is 101 Å². The second-order valence-electron chi connectivity index (χ2n) is 5.89. The molecule has 3 aromatic heterocycles. The van der Waals surface area contributed by atoms with Crippen LogP contribution in [0, 0.1) is 0 Å². The van der Waals surface area contributed by atoms with Gasteiger partial charge in [-0.05, 0) is 12.8 Å². The second-order valence-corrected chi connectivity index (χ2v) is 6.74. The first-order chi connectivity index (χ1) is 11.7. The Kier molecular flexibility index (Phi) is 3.85. The largest absolute Gasteiger partial charge is 0.305 e. The van der Waals surface area contributed by atoms with Gasteiger partial charge in [-0.25, -0.2) is 9.97 Å². The summed E-state index contributed by atoms with van der Waals surface area (Å²) >= 11 is 1.35. The summed E-state index contributed by atoms with van der Waals surface area (Å²) in [6.07, 6.45) is 6.28. The second kappa shape index (κ2) is 6.16. The minimum absolute atomic E-state index is 0.252. The quantitative estimate of drug-likeness (QED) is 0.758. The molecule has 0 radical (unpaired) electrons. The summed E-state index contributed by atoms with van der Waals surface area (Å²) in [6.45, 7) is 0. The zero-order chi connectivity index (χ0) is 16.5. The molecule has 0 aliphatic heterocycles. The van der Waals surface area contributed by atoms with Crippen molar-refractivity contribution in [2.24, 2.45) is 7.05 Å². The SMILES string of the molecule is Cn1nc(C2CCCC2)cc1NC(=O)c1csc(-c2ncn[nH]2)n1. The number of hydrogen-bond donors (Lipinski definition) is 2. The number of anilines is 1. The van der Waals surface area contributed by atoms with Gasteiger partial charge in [-0.3, -0.25) is 14.6 Å². The van der Waals surface area contributed by atoms with Crippen molar-refractivity contribution in [2.45, 2.75) is 31.6 Å². The van der Waals surface area contributed by atoms with Gasteiger partial charge in [0.15, 0.2) is 10.8 Å². The van der Waals surface area contributed by atoms with Gasteiger partial charge >= 0.3 is 0 Å². The van der Waals surface area contributed by atoms with Crippen LogP contribution < -0.4 is 5.32 Å². The maximum absolute atomic E-state index is 12.4. The number of hydrogen-bond acceptors (Lipinski definition) is 6. The molecule has 0 unspecified atom stereocenters. The number of carbonyl (C=O) groups is 1. The molecule has 2 N–H and O–H groups in total. The van der Waals surface area contributed by atoms with E-state index in [-0.39, 0.29) is 5.91 Å². The Balaban J connectivity index is 1.50. The Labute approximate surface area is 142 Å². The van der Waals surface area contributed by atoms with Crippen LogP contribution in [0.1, 0.15) is 47.8 Å². The lowest BCUT2D eigenvalue weighted by Crippen LogP contribution is -2.14. The number of amides is 1. The maximum atomic E-state index is 12.4. The number of carbonyl (C=O) groups excluding carboxylic acids is 1. The standard InChI is InChI=1S/C15H17N7OS/c1-22-12(6-10(21-22)9-4-2-3-5-9)19-14(23)11-7-24-15(18-11)13-16-8-17-20-13/h6-9H,2-5H2,1H3,(H,19,23)(H,16,17,20). The Morgan fingerprint density at radius 2 is 2.25 bits per heavy atom. The number of nitrogens with zero attached hydrogens (tertiary/aromatic N) is 5. The minimum Gasteiger partial charge on any atom is -0.305 e. The van der Waals surface area contributed by atoms with Crippen LogP contribution in [-0.2, 0) is 7.05 Å². The molecule has 124 valence electrons. The van der Waals surface area contributed by atoms with Crippen molar-refractivity contribution in [2.75, 3.05) is 5.32 Å². The normalized spacial score (nSPS) is 15.0. The summed E-state index contributed by atoms with van der Waals surface area (Å²) in [5.41, 5.74) is 1.42. The number of thiazole rings is 1. The average molecular weight is 343 g/mol. The molecule has 0 atom stereocenters. The highest BCUT2D eigenvalue weighted by Crippen LogP contribution is 2.34. The fourth-order valence-electron chi connectivity index (χ4n) is 3.00. The third kappa shape index (κ3) is 2.82. The van der Waals surface area contributed by atoms with E-state index in [1.807, 2.05) is 13.1 Å². The van der Waals surface area contributed by atoms with E-state index in [2.05, 4.69) is 30.6 Å². The molecule has 0 saturated heterocycles. The first kappa shape index (κ1) is 15.0. The molecule has 4 rings (SSSR count). The van der Waals surface area contributed by atoms with Crippen LogP contribution in [0.15, 0.2) is 17.8 Å². The molecule has 24 heavy (non-hydrogen) atoms. The van der Waals surface area contributed by atoms with E-state index in [0.717, 1.165) is 5.69 Å². The summed E-state index contributed by atoms with van der Waals surface area (Å²) in [5, 5.41) is 16.3. The number of aromatic amines is 1. The molecular weight excluding hydrogens is 326 g/mol. The third-order valence-electron chi connectivity index (χ3n) is 4.27.